The average Bonchev–Trinajstić information content (AvgIpc) is 2.84. The molecule has 3 aromatic rings. The lowest BCUT2D eigenvalue weighted by molar-refractivity contribution is 0.168. The zero-order valence-electron chi connectivity index (χ0n) is 11.8. The summed E-state index contributed by atoms with van der Waals surface area (Å²) in [6.45, 7) is 2.06. The van der Waals surface area contributed by atoms with E-state index in [-0.39, 0.29) is 0 Å². The predicted molar refractivity (Wildman–Crippen MR) is 80.9 cm³/mol. The molecule has 2 aromatic carbocycles. The smallest absolute Gasteiger partial charge is 0.411 e. The Morgan fingerprint density at radius 3 is 2.76 bits per heavy atom. The summed E-state index contributed by atoms with van der Waals surface area (Å²) in [5.41, 5.74) is 1.99. The highest BCUT2D eigenvalue weighted by molar-refractivity contribution is 6.07. The third kappa shape index (κ3) is 2.38. The van der Waals surface area contributed by atoms with Crippen LogP contribution in [0.5, 0.6) is 5.75 Å². The maximum absolute atomic E-state index is 11.6. The summed E-state index contributed by atoms with van der Waals surface area (Å²) in [5, 5.41) is 4.60. The highest BCUT2D eigenvalue weighted by atomic mass is 16.5. The topological polar surface area (TPSA) is 60.7 Å². The number of hydrogen-bond donors (Lipinski definition) is 1. The second-order valence-corrected chi connectivity index (χ2v) is 4.49. The van der Waals surface area contributed by atoms with Crippen LogP contribution >= 0.6 is 0 Å². The molecule has 5 heteroatoms. The summed E-state index contributed by atoms with van der Waals surface area (Å²) >= 11 is 0. The van der Waals surface area contributed by atoms with E-state index in [1.807, 2.05) is 30.3 Å². The van der Waals surface area contributed by atoms with Gasteiger partial charge in [-0.05, 0) is 19.1 Å². The van der Waals surface area contributed by atoms with Crippen molar-refractivity contribution in [2.45, 2.75) is 6.92 Å². The Hall–Kier alpha value is -2.69. The monoisotopic (exact) mass is 285 g/mol. The molecule has 1 aromatic heterocycles. The molecule has 3 rings (SSSR count). The Morgan fingerprint density at radius 2 is 2.00 bits per heavy atom. The lowest BCUT2D eigenvalue weighted by Crippen LogP contribution is -2.13. The number of benzene rings is 2. The van der Waals surface area contributed by atoms with Gasteiger partial charge in [0.15, 0.2) is 0 Å². The van der Waals surface area contributed by atoms with Gasteiger partial charge < -0.3 is 13.9 Å². The molecule has 0 radical (unpaired) electrons. The summed E-state index contributed by atoms with van der Waals surface area (Å²) in [6, 6.07) is 11.3. The molecular weight excluding hydrogens is 270 g/mol. The number of carbonyl (C=O) groups is 1. The predicted octanol–water partition coefficient (Wildman–Crippen LogP) is 4.16. The Kier molecular flexibility index (Phi) is 3.39. The molecule has 0 spiro atoms. The highest BCUT2D eigenvalue weighted by Crippen LogP contribution is 2.36. The van der Waals surface area contributed by atoms with Crippen LogP contribution in [0.15, 0.2) is 40.8 Å². The van der Waals surface area contributed by atoms with Gasteiger partial charge in [0.05, 0.1) is 19.4 Å². The van der Waals surface area contributed by atoms with E-state index in [1.54, 1.807) is 20.1 Å². The fourth-order valence-electron chi connectivity index (χ4n) is 2.30. The minimum absolute atomic E-state index is 0.307. The fraction of sp³-hybridized carbons (Fsp3) is 0.188. The van der Waals surface area contributed by atoms with E-state index in [9.17, 15) is 4.79 Å². The average molecular weight is 285 g/mol. The molecule has 1 N–H and O–H groups in total. The first-order valence-corrected chi connectivity index (χ1v) is 6.66. The van der Waals surface area contributed by atoms with Gasteiger partial charge in [0.25, 0.3) is 0 Å². The number of methoxy groups -OCH3 is 1. The summed E-state index contributed by atoms with van der Waals surface area (Å²) < 4.78 is 16.0. The van der Waals surface area contributed by atoms with E-state index < -0.39 is 6.09 Å². The molecule has 21 heavy (non-hydrogen) atoms. The summed E-state index contributed by atoms with van der Waals surface area (Å²) in [4.78, 5) is 11.6. The molecule has 0 aliphatic rings. The quantitative estimate of drug-likeness (QED) is 0.784. The van der Waals surface area contributed by atoms with E-state index in [4.69, 9.17) is 13.9 Å². The Morgan fingerprint density at radius 1 is 1.19 bits per heavy atom. The van der Waals surface area contributed by atoms with Crippen molar-refractivity contribution in [1.82, 2.24) is 0 Å². The van der Waals surface area contributed by atoms with Gasteiger partial charge in [-0.25, -0.2) is 4.79 Å². The zero-order chi connectivity index (χ0) is 14.8. The number of rotatable bonds is 3. The lowest BCUT2D eigenvalue weighted by Gasteiger charge is -2.09. The number of ether oxygens (including phenoxy) is 2. The first-order chi connectivity index (χ1) is 10.2. The summed E-state index contributed by atoms with van der Waals surface area (Å²) in [7, 11) is 1.56. The van der Waals surface area contributed by atoms with Crippen LogP contribution in [0.25, 0.3) is 21.9 Å². The molecular formula is C16H15NO4. The molecule has 1 amide bonds. The molecule has 1 heterocycles. The van der Waals surface area contributed by atoms with Crippen molar-refractivity contribution in [2.24, 2.45) is 0 Å². The second kappa shape index (κ2) is 5.36. The third-order valence-corrected chi connectivity index (χ3v) is 3.21. The van der Waals surface area contributed by atoms with Crippen LogP contribution in [0.3, 0.4) is 0 Å². The molecule has 0 atom stereocenters. The van der Waals surface area contributed by atoms with E-state index in [0.29, 0.717) is 23.6 Å². The van der Waals surface area contributed by atoms with Crippen molar-refractivity contribution in [1.29, 1.82) is 0 Å². The number of anilines is 1. The standard InChI is InChI=1S/C16H15NO4/c1-3-20-16(18)17-12-9-14-11(8-15(12)19-2)10-6-4-5-7-13(10)21-14/h4-9H,3H2,1-2H3,(H,17,18). The van der Waals surface area contributed by atoms with Crippen LogP contribution in [0.1, 0.15) is 6.92 Å². The minimum atomic E-state index is -0.522. The van der Waals surface area contributed by atoms with Crippen molar-refractivity contribution in [3.8, 4) is 5.75 Å². The van der Waals surface area contributed by atoms with E-state index in [2.05, 4.69) is 5.32 Å². The number of carbonyl (C=O) groups excluding carboxylic acids is 1. The molecule has 0 unspecified atom stereocenters. The van der Waals surface area contributed by atoms with E-state index >= 15 is 0 Å². The van der Waals surface area contributed by atoms with Gasteiger partial charge in [-0.3, -0.25) is 5.32 Å². The molecule has 0 saturated carbocycles. The van der Waals surface area contributed by atoms with Crippen molar-refractivity contribution in [2.75, 3.05) is 19.0 Å². The van der Waals surface area contributed by atoms with Gasteiger partial charge in [0, 0.05) is 16.8 Å². The Labute approximate surface area is 121 Å². The maximum Gasteiger partial charge on any atom is 0.411 e. The van der Waals surface area contributed by atoms with Gasteiger partial charge >= 0.3 is 6.09 Å². The molecule has 0 aliphatic heterocycles. The van der Waals surface area contributed by atoms with Crippen LogP contribution in [-0.2, 0) is 4.74 Å². The summed E-state index contributed by atoms with van der Waals surface area (Å²) in [6.07, 6.45) is -0.522. The Balaban J connectivity index is 2.12. The summed E-state index contributed by atoms with van der Waals surface area (Å²) in [5.74, 6) is 0.558. The molecule has 108 valence electrons. The van der Waals surface area contributed by atoms with Crippen molar-refractivity contribution >= 4 is 33.7 Å². The SMILES string of the molecule is CCOC(=O)Nc1cc2oc3ccccc3c2cc1OC. The normalized spacial score (nSPS) is 10.8. The van der Waals surface area contributed by atoms with Gasteiger partial charge in [-0.1, -0.05) is 18.2 Å². The number of hydrogen-bond acceptors (Lipinski definition) is 4. The van der Waals surface area contributed by atoms with Gasteiger partial charge in [-0.15, -0.1) is 0 Å². The van der Waals surface area contributed by atoms with Crippen LogP contribution in [-0.4, -0.2) is 19.8 Å². The zero-order valence-corrected chi connectivity index (χ0v) is 11.8. The van der Waals surface area contributed by atoms with Gasteiger partial charge in [0.1, 0.15) is 16.9 Å². The van der Waals surface area contributed by atoms with Crippen LogP contribution in [0.4, 0.5) is 10.5 Å². The lowest BCUT2D eigenvalue weighted by atomic mass is 10.1. The largest absolute Gasteiger partial charge is 0.495 e. The van der Waals surface area contributed by atoms with Gasteiger partial charge in [0.2, 0.25) is 0 Å². The van der Waals surface area contributed by atoms with E-state index in [0.717, 1.165) is 16.4 Å². The molecule has 0 bridgehead atoms. The number of amides is 1. The van der Waals surface area contributed by atoms with Crippen LogP contribution in [0.2, 0.25) is 0 Å². The number of furan rings is 1. The van der Waals surface area contributed by atoms with Crippen molar-refractivity contribution in [3.05, 3.63) is 36.4 Å². The second-order valence-electron chi connectivity index (χ2n) is 4.49. The number of para-hydroxylation sites is 1. The van der Waals surface area contributed by atoms with Gasteiger partial charge in [-0.2, -0.15) is 0 Å². The Bertz CT molecular complexity index is 806. The first kappa shape index (κ1) is 13.3. The molecule has 0 aliphatic carbocycles. The highest BCUT2D eigenvalue weighted by Gasteiger charge is 2.14. The van der Waals surface area contributed by atoms with E-state index in [1.165, 1.54) is 0 Å². The van der Waals surface area contributed by atoms with Crippen LogP contribution < -0.4 is 10.1 Å². The number of fused-ring (bicyclic) bond motifs is 3. The third-order valence-electron chi connectivity index (χ3n) is 3.21. The van der Waals surface area contributed by atoms with Crippen molar-refractivity contribution < 1.29 is 18.7 Å². The molecule has 0 saturated heterocycles. The fourth-order valence-corrected chi connectivity index (χ4v) is 2.30. The minimum Gasteiger partial charge on any atom is -0.495 e. The first-order valence-electron chi connectivity index (χ1n) is 6.66. The maximum atomic E-state index is 11.6. The molecule has 0 fully saturated rings. The van der Waals surface area contributed by atoms with Crippen molar-refractivity contribution in [3.63, 3.8) is 0 Å². The van der Waals surface area contributed by atoms with Crippen LogP contribution in [0, 0.1) is 0 Å². The molecule has 5 nitrogen and oxygen atoms in total. The number of nitrogens with one attached hydrogen (secondary N) is 1.